The molecule has 144 valence electrons. The molecule has 0 N–H and O–H groups in total. The second-order valence-corrected chi connectivity index (χ2v) is 9.69. The van der Waals surface area contributed by atoms with E-state index in [1.807, 2.05) is 25.1 Å². The third-order valence-corrected chi connectivity index (χ3v) is 7.28. The van der Waals surface area contributed by atoms with Gasteiger partial charge in [-0.05, 0) is 44.4 Å². The van der Waals surface area contributed by atoms with Gasteiger partial charge >= 0.3 is 0 Å². The molecule has 0 saturated heterocycles. The minimum Gasteiger partial charge on any atom is -0.497 e. The molecule has 1 heterocycles. The molecule has 0 amide bonds. The highest BCUT2D eigenvalue weighted by molar-refractivity contribution is 7.90. The Morgan fingerprint density at radius 3 is 2.37 bits per heavy atom. The van der Waals surface area contributed by atoms with E-state index in [2.05, 4.69) is 0 Å². The van der Waals surface area contributed by atoms with Crippen LogP contribution in [0.5, 0.6) is 5.75 Å². The van der Waals surface area contributed by atoms with Crippen LogP contribution in [0.2, 0.25) is 0 Å². The lowest BCUT2D eigenvalue weighted by atomic mass is 10.2. The van der Waals surface area contributed by atoms with E-state index in [1.54, 1.807) is 30.3 Å². The highest BCUT2D eigenvalue weighted by Gasteiger charge is 2.23. The van der Waals surface area contributed by atoms with E-state index in [0.717, 1.165) is 0 Å². The minimum absolute atomic E-state index is 0.148. The van der Waals surface area contributed by atoms with E-state index in [9.17, 15) is 12.6 Å². The van der Waals surface area contributed by atoms with E-state index in [0.29, 0.717) is 33.8 Å². The first-order valence-corrected chi connectivity index (χ1v) is 11.1. The van der Waals surface area contributed by atoms with Gasteiger partial charge in [-0.3, -0.25) is 4.21 Å². The summed E-state index contributed by atoms with van der Waals surface area (Å²) in [5.41, 5.74) is 0.515. The van der Waals surface area contributed by atoms with Gasteiger partial charge in [-0.2, -0.15) is 0 Å². The average Bonchev–Trinajstić information content (AvgIpc) is 3.06. The van der Waals surface area contributed by atoms with Crippen molar-refractivity contribution >= 4 is 31.7 Å². The summed E-state index contributed by atoms with van der Waals surface area (Å²) in [4.78, 5) is 2.63. The molecule has 0 saturated carbocycles. The SMILES string of the molecule is COc1ccc(S(=O)(=O)n2cc(S(=O)CCN(C)C)c3ccccc32)cc1. The van der Waals surface area contributed by atoms with Crippen molar-refractivity contribution in [3.8, 4) is 5.75 Å². The topological polar surface area (TPSA) is 68.6 Å². The van der Waals surface area contributed by atoms with Crippen LogP contribution in [0.4, 0.5) is 0 Å². The van der Waals surface area contributed by atoms with E-state index in [4.69, 9.17) is 4.74 Å². The van der Waals surface area contributed by atoms with Crippen molar-refractivity contribution in [2.24, 2.45) is 0 Å². The largest absolute Gasteiger partial charge is 0.497 e. The zero-order valence-corrected chi connectivity index (χ0v) is 17.1. The molecular weight excluding hydrogens is 384 g/mol. The van der Waals surface area contributed by atoms with E-state index < -0.39 is 20.8 Å². The number of hydrogen-bond donors (Lipinski definition) is 0. The molecular formula is C19H22N2O4S2. The van der Waals surface area contributed by atoms with Gasteiger partial charge in [0, 0.05) is 23.9 Å². The maximum Gasteiger partial charge on any atom is 0.268 e. The number of methoxy groups -OCH3 is 1. The Bertz CT molecular complexity index is 1070. The Kier molecular flexibility index (Phi) is 5.69. The molecule has 1 unspecified atom stereocenters. The minimum atomic E-state index is -3.82. The van der Waals surface area contributed by atoms with Gasteiger partial charge in [-0.25, -0.2) is 12.4 Å². The Morgan fingerprint density at radius 1 is 1.07 bits per heavy atom. The molecule has 0 radical (unpaired) electrons. The van der Waals surface area contributed by atoms with Crippen LogP contribution in [0.25, 0.3) is 10.9 Å². The fourth-order valence-electron chi connectivity index (χ4n) is 2.74. The molecule has 1 aromatic heterocycles. The number of ether oxygens (including phenoxy) is 1. The van der Waals surface area contributed by atoms with Crippen LogP contribution in [0.3, 0.4) is 0 Å². The van der Waals surface area contributed by atoms with Gasteiger partial charge in [0.05, 0.1) is 33.2 Å². The quantitative estimate of drug-likeness (QED) is 0.603. The molecule has 6 nitrogen and oxygen atoms in total. The van der Waals surface area contributed by atoms with E-state index in [1.165, 1.54) is 29.4 Å². The van der Waals surface area contributed by atoms with Gasteiger partial charge in [-0.15, -0.1) is 0 Å². The Hall–Kier alpha value is -2.16. The molecule has 0 aliphatic rings. The first-order valence-electron chi connectivity index (χ1n) is 8.37. The summed E-state index contributed by atoms with van der Waals surface area (Å²) in [5, 5.41) is 0.687. The van der Waals surface area contributed by atoms with Crippen molar-refractivity contribution in [1.82, 2.24) is 8.87 Å². The molecule has 0 bridgehead atoms. The molecule has 0 aliphatic heterocycles. The monoisotopic (exact) mass is 406 g/mol. The first kappa shape index (κ1) is 19.6. The van der Waals surface area contributed by atoms with Crippen LogP contribution in [0.1, 0.15) is 0 Å². The first-order chi connectivity index (χ1) is 12.8. The van der Waals surface area contributed by atoms with Gasteiger partial charge < -0.3 is 9.64 Å². The molecule has 2 aromatic carbocycles. The summed E-state index contributed by atoms with van der Waals surface area (Å²) < 4.78 is 45.4. The van der Waals surface area contributed by atoms with Crippen molar-refractivity contribution in [1.29, 1.82) is 0 Å². The average molecular weight is 407 g/mol. The van der Waals surface area contributed by atoms with E-state index >= 15 is 0 Å². The second kappa shape index (κ2) is 7.84. The fraction of sp³-hybridized carbons (Fsp3) is 0.263. The maximum atomic E-state index is 13.2. The zero-order valence-electron chi connectivity index (χ0n) is 15.5. The molecule has 8 heteroatoms. The van der Waals surface area contributed by atoms with Crippen molar-refractivity contribution in [3.63, 3.8) is 0 Å². The Balaban J connectivity index is 2.10. The second-order valence-electron chi connectivity index (χ2n) is 6.34. The van der Waals surface area contributed by atoms with Crippen molar-refractivity contribution < 1.29 is 17.4 Å². The number of benzene rings is 2. The summed E-state index contributed by atoms with van der Waals surface area (Å²) in [5.74, 6) is 1.01. The molecule has 1 atom stereocenters. The third-order valence-electron chi connectivity index (χ3n) is 4.23. The van der Waals surface area contributed by atoms with Crippen LogP contribution < -0.4 is 4.74 Å². The van der Waals surface area contributed by atoms with Crippen LogP contribution in [0, 0.1) is 0 Å². The molecule has 3 rings (SSSR count). The molecule has 0 spiro atoms. The molecule has 0 aliphatic carbocycles. The number of hydrogen-bond acceptors (Lipinski definition) is 5. The smallest absolute Gasteiger partial charge is 0.268 e. The number of nitrogens with zero attached hydrogens (tertiary/aromatic N) is 2. The number of rotatable bonds is 7. The predicted octanol–water partition coefficient (Wildman–Crippen LogP) is 2.56. The Morgan fingerprint density at radius 2 is 1.74 bits per heavy atom. The summed E-state index contributed by atoms with van der Waals surface area (Å²) >= 11 is 0. The summed E-state index contributed by atoms with van der Waals surface area (Å²) in [6.45, 7) is 0.650. The van der Waals surface area contributed by atoms with Crippen LogP contribution in [-0.4, -0.2) is 55.0 Å². The van der Waals surface area contributed by atoms with Gasteiger partial charge in [0.25, 0.3) is 10.0 Å². The highest BCUT2D eigenvalue weighted by Crippen LogP contribution is 2.28. The lowest BCUT2D eigenvalue weighted by molar-refractivity contribution is 0.414. The number of fused-ring (bicyclic) bond motifs is 1. The standard InChI is InChI=1S/C19H22N2O4S2/c1-20(2)12-13-26(22)19-14-21(18-7-5-4-6-17(18)19)27(23,24)16-10-8-15(25-3)9-11-16/h4-11,14H,12-13H2,1-3H3. The molecule has 27 heavy (non-hydrogen) atoms. The van der Waals surface area contributed by atoms with Crippen molar-refractivity contribution in [3.05, 3.63) is 54.7 Å². The molecule has 3 aromatic rings. The van der Waals surface area contributed by atoms with Crippen LogP contribution >= 0.6 is 0 Å². The van der Waals surface area contributed by atoms with Crippen LogP contribution in [-0.2, 0) is 20.8 Å². The van der Waals surface area contributed by atoms with Gasteiger partial charge in [0.1, 0.15) is 5.75 Å². The van der Waals surface area contributed by atoms with Crippen LogP contribution in [0.15, 0.2) is 64.5 Å². The van der Waals surface area contributed by atoms with Crippen molar-refractivity contribution in [2.45, 2.75) is 9.79 Å². The summed E-state index contributed by atoms with van der Waals surface area (Å²) in [6, 6.07) is 13.3. The Labute approximate surface area is 161 Å². The number of aromatic nitrogens is 1. The van der Waals surface area contributed by atoms with Gasteiger partial charge in [0.15, 0.2) is 0 Å². The lowest BCUT2D eigenvalue weighted by Gasteiger charge is -2.08. The highest BCUT2D eigenvalue weighted by atomic mass is 32.2. The van der Waals surface area contributed by atoms with Gasteiger partial charge in [0.2, 0.25) is 0 Å². The van der Waals surface area contributed by atoms with Gasteiger partial charge in [-0.1, -0.05) is 18.2 Å². The third kappa shape index (κ3) is 3.92. The predicted molar refractivity (Wildman–Crippen MR) is 107 cm³/mol. The summed E-state index contributed by atoms with van der Waals surface area (Å²) in [7, 11) is 0.229. The lowest BCUT2D eigenvalue weighted by Crippen LogP contribution is -2.19. The summed E-state index contributed by atoms with van der Waals surface area (Å²) in [6.07, 6.45) is 1.48. The maximum absolute atomic E-state index is 13.2. The zero-order chi connectivity index (χ0) is 19.6. The molecule has 0 fully saturated rings. The fourth-order valence-corrected chi connectivity index (χ4v) is 5.56. The normalized spacial score (nSPS) is 13.2. The number of para-hydroxylation sites is 1. The van der Waals surface area contributed by atoms with E-state index in [-0.39, 0.29) is 4.90 Å². The van der Waals surface area contributed by atoms with Crippen molar-refractivity contribution in [2.75, 3.05) is 33.5 Å².